The SMILES string of the molecule is COc1cc(CN2CCN(CC3(C)CCNC3)CC2)cc(OC)c1. The van der Waals surface area contributed by atoms with Gasteiger partial charge in [-0.3, -0.25) is 4.90 Å². The minimum absolute atomic E-state index is 0.461. The molecule has 24 heavy (non-hydrogen) atoms. The lowest BCUT2D eigenvalue weighted by atomic mass is 9.89. The van der Waals surface area contributed by atoms with Crippen molar-refractivity contribution in [2.75, 3.05) is 60.0 Å². The third kappa shape index (κ3) is 4.41. The van der Waals surface area contributed by atoms with Crippen LogP contribution >= 0.6 is 0 Å². The van der Waals surface area contributed by atoms with E-state index in [0.717, 1.165) is 50.8 Å². The van der Waals surface area contributed by atoms with Gasteiger partial charge in [-0.2, -0.15) is 0 Å². The average Bonchev–Trinajstić information content (AvgIpc) is 3.02. The molecule has 0 aromatic heterocycles. The summed E-state index contributed by atoms with van der Waals surface area (Å²) in [4.78, 5) is 5.16. The number of hydrogen-bond donors (Lipinski definition) is 1. The molecule has 0 bridgehead atoms. The summed E-state index contributed by atoms with van der Waals surface area (Å²) in [7, 11) is 3.41. The third-order valence-electron chi connectivity index (χ3n) is 5.34. The standard InChI is InChI=1S/C19H31N3O2/c1-19(4-5-20-14-19)15-22-8-6-21(7-9-22)13-16-10-17(23-2)12-18(11-16)24-3/h10-12,20H,4-9,13-15H2,1-3H3. The zero-order valence-electron chi connectivity index (χ0n) is 15.3. The van der Waals surface area contributed by atoms with Gasteiger partial charge in [0.25, 0.3) is 0 Å². The van der Waals surface area contributed by atoms with Crippen LogP contribution in [0.1, 0.15) is 18.9 Å². The fourth-order valence-corrected chi connectivity index (χ4v) is 3.86. The molecule has 1 aromatic carbocycles. The fraction of sp³-hybridized carbons (Fsp3) is 0.684. The first kappa shape index (κ1) is 17.5. The maximum atomic E-state index is 5.38. The number of benzene rings is 1. The summed E-state index contributed by atoms with van der Waals surface area (Å²) >= 11 is 0. The molecule has 2 aliphatic rings. The molecule has 3 rings (SSSR count). The van der Waals surface area contributed by atoms with E-state index in [2.05, 4.69) is 34.2 Å². The summed E-state index contributed by atoms with van der Waals surface area (Å²) in [6.07, 6.45) is 1.30. The first-order chi connectivity index (χ1) is 11.6. The molecule has 2 fully saturated rings. The van der Waals surface area contributed by atoms with Crippen LogP contribution < -0.4 is 14.8 Å². The van der Waals surface area contributed by atoms with Crippen molar-refractivity contribution in [1.29, 1.82) is 0 Å². The number of piperazine rings is 1. The Labute approximate surface area is 145 Å². The lowest BCUT2D eigenvalue weighted by molar-refractivity contribution is 0.0932. The van der Waals surface area contributed by atoms with E-state index >= 15 is 0 Å². The fourth-order valence-electron chi connectivity index (χ4n) is 3.86. The van der Waals surface area contributed by atoms with E-state index in [1.165, 1.54) is 25.1 Å². The van der Waals surface area contributed by atoms with E-state index in [4.69, 9.17) is 9.47 Å². The molecule has 0 spiro atoms. The maximum absolute atomic E-state index is 5.38. The Morgan fingerprint density at radius 1 is 1.00 bits per heavy atom. The molecule has 0 aliphatic carbocycles. The van der Waals surface area contributed by atoms with Gasteiger partial charge in [0.15, 0.2) is 0 Å². The predicted octanol–water partition coefficient (Wildman–Crippen LogP) is 1.82. The van der Waals surface area contributed by atoms with Gasteiger partial charge in [0.05, 0.1) is 14.2 Å². The molecular formula is C19H31N3O2. The van der Waals surface area contributed by atoms with E-state index < -0.39 is 0 Å². The summed E-state index contributed by atoms with van der Waals surface area (Å²) in [6, 6.07) is 6.15. The minimum atomic E-state index is 0.461. The molecule has 2 saturated heterocycles. The van der Waals surface area contributed by atoms with Gasteiger partial charge >= 0.3 is 0 Å². The van der Waals surface area contributed by atoms with Crippen molar-refractivity contribution in [3.63, 3.8) is 0 Å². The number of hydrogen-bond acceptors (Lipinski definition) is 5. The first-order valence-electron chi connectivity index (χ1n) is 8.98. The summed E-state index contributed by atoms with van der Waals surface area (Å²) in [5.74, 6) is 1.73. The van der Waals surface area contributed by atoms with Gasteiger partial charge in [-0.05, 0) is 36.1 Å². The van der Waals surface area contributed by atoms with E-state index in [0.29, 0.717) is 5.41 Å². The zero-order chi connectivity index (χ0) is 17.0. The lowest BCUT2D eigenvalue weighted by Gasteiger charge is -2.38. The highest BCUT2D eigenvalue weighted by atomic mass is 16.5. The largest absolute Gasteiger partial charge is 0.497 e. The normalized spacial score (nSPS) is 25.8. The van der Waals surface area contributed by atoms with E-state index in [1.807, 2.05) is 6.07 Å². The average molecular weight is 333 g/mol. The quantitative estimate of drug-likeness (QED) is 0.859. The highest BCUT2D eigenvalue weighted by molar-refractivity contribution is 5.38. The van der Waals surface area contributed by atoms with Crippen molar-refractivity contribution in [3.8, 4) is 11.5 Å². The lowest BCUT2D eigenvalue weighted by Crippen LogP contribution is -2.49. The molecular weight excluding hydrogens is 302 g/mol. The van der Waals surface area contributed by atoms with Gasteiger partial charge in [0, 0.05) is 51.9 Å². The number of rotatable bonds is 6. The Morgan fingerprint density at radius 3 is 2.17 bits per heavy atom. The van der Waals surface area contributed by atoms with Gasteiger partial charge in [-0.25, -0.2) is 0 Å². The maximum Gasteiger partial charge on any atom is 0.122 e. The monoisotopic (exact) mass is 333 g/mol. The molecule has 0 amide bonds. The van der Waals surface area contributed by atoms with Crippen molar-refractivity contribution in [2.24, 2.45) is 5.41 Å². The van der Waals surface area contributed by atoms with Gasteiger partial charge in [-0.1, -0.05) is 6.92 Å². The molecule has 5 heteroatoms. The number of nitrogens with zero attached hydrogens (tertiary/aromatic N) is 2. The minimum Gasteiger partial charge on any atom is -0.497 e. The summed E-state index contributed by atoms with van der Waals surface area (Å²) in [5.41, 5.74) is 1.72. The van der Waals surface area contributed by atoms with Gasteiger partial charge in [0.1, 0.15) is 11.5 Å². The van der Waals surface area contributed by atoms with Crippen LogP contribution in [0.25, 0.3) is 0 Å². The van der Waals surface area contributed by atoms with Gasteiger partial charge in [0.2, 0.25) is 0 Å². The van der Waals surface area contributed by atoms with Crippen molar-refractivity contribution < 1.29 is 9.47 Å². The highest BCUT2D eigenvalue weighted by Crippen LogP contribution is 2.27. The van der Waals surface area contributed by atoms with Crippen molar-refractivity contribution in [1.82, 2.24) is 15.1 Å². The molecule has 1 aromatic rings. The summed E-state index contributed by atoms with van der Waals surface area (Å²) in [5, 5.41) is 3.50. The molecule has 0 radical (unpaired) electrons. The first-order valence-corrected chi connectivity index (χ1v) is 8.98. The van der Waals surface area contributed by atoms with Crippen molar-refractivity contribution in [2.45, 2.75) is 19.9 Å². The zero-order valence-corrected chi connectivity index (χ0v) is 15.3. The molecule has 2 aliphatic heterocycles. The van der Waals surface area contributed by atoms with Gasteiger partial charge < -0.3 is 19.7 Å². The number of ether oxygens (including phenoxy) is 2. The number of methoxy groups -OCH3 is 2. The molecule has 1 N–H and O–H groups in total. The van der Waals surface area contributed by atoms with Crippen LogP contribution in [0, 0.1) is 5.41 Å². The van der Waals surface area contributed by atoms with Crippen LogP contribution in [0.4, 0.5) is 0 Å². The van der Waals surface area contributed by atoms with E-state index in [1.54, 1.807) is 14.2 Å². The molecule has 1 unspecified atom stereocenters. The Balaban J connectivity index is 1.52. The Bertz CT molecular complexity index is 513. The molecule has 1 atom stereocenters. The second-order valence-electron chi connectivity index (χ2n) is 7.51. The predicted molar refractivity (Wildman–Crippen MR) is 96.9 cm³/mol. The third-order valence-corrected chi connectivity index (χ3v) is 5.34. The van der Waals surface area contributed by atoms with Crippen LogP contribution in [0.15, 0.2) is 18.2 Å². The van der Waals surface area contributed by atoms with Crippen molar-refractivity contribution in [3.05, 3.63) is 23.8 Å². The van der Waals surface area contributed by atoms with E-state index in [-0.39, 0.29) is 0 Å². The summed E-state index contributed by atoms with van der Waals surface area (Å²) < 4.78 is 10.8. The Hall–Kier alpha value is -1.30. The molecule has 5 nitrogen and oxygen atoms in total. The molecule has 2 heterocycles. The van der Waals surface area contributed by atoms with Gasteiger partial charge in [-0.15, -0.1) is 0 Å². The topological polar surface area (TPSA) is 37.0 Å². The molecule has 134 valence electrons. The van der Waals surface area contributed by atoms with Crippen LogP contribution in [0.2, 0.25) is 0 Å². The smallest absolute Gasteiger partial charge is 0.122 e. The Morgan fingerprint density at radius 2 is 1.62 bits per heavy atom. The Kier molecular flexibility index (Phi) is 5.64. The van der Waals surface area contributed by atoms with E-state index in [9.17, 15) is 0 Å². The second-order valence-corrected chi connectivity index (χ2v) is 7.51. The molecule has 0 saturated carbocycles. The second kappa shape index (κ2) is 7.72. The number of nitrogens with one attached hydrogen (secondary N) is 1. The van der Waals surface area contributed by atoms with Crippen molar-refractivity contribution >= 4 is 0 Å². The summed E-state index contributed by atoms with van der Waals surface area (Å²) in [6.45, 7) is 11.5. The van der Waals surface area contributed by atoms with Crippen LogP contribution in [0.3, 0.4) is 0 Å². The van der Waals surface area contributed by atoms with Crippen LogP contribution in [0.5, 0.6) is 11.5 Å². The van der Waals surface area contributed by atoms with Crippen LogP contribution in [-0.2, 0) is 6.54 Å². The highest BCUT2D eigenvalue weighted by Gasteiger charge is 2.31. The van der Waals surface area contributed by atoms with Crippen LogP contribution in [-0.4, -0.2) is 69.8 Å².